The number of hydrogen-bond donors (Lipinski definition) is 2. The van der Waals surface area contributed by atoms with Crippen LogP contribution in [0.15, 0.2) is 42.5 Å². The molecule has 2 amide bonds. The quantitative estimate of drug-likeness (QED) is 0.788. The monoisotopic (exact) mass is 339 g/mol. The molecule has 0 bridgehead atoms. The molecular formula is C18H17N3O4. The zero-order valence-corrected chi connectivity index (χ0v) is 13.8. The predicted molar refractivity (Wildman–Crippen MR) is 92.6 cm³/mol. The number of anilines is 2. The van der Waals surface area contributed by atoms with Crippen molar-refractivity contribution < 1.29 is 19.1 Å². The molecule has 25 heavy (non-hydrogen) atoms. The van der Waals surface area contributed by atoms with E-state index in [-0.39, 0.29) is 6.42 Å². The van der Waals surface area contributed by atoms with Crippen LogP contribution in [0.5, 0.6) is 11.5 Å². The molecule has 0 aliphatic heterocycles. The normalized spacial score (nSPS) is 9.64. The fourth-order valence-corrected chi connectivity index (χ4v) is 2.15. The van der Waals surface area contributed by atoms with Gasteiger partial charge in [0, 0.05) is 11.8 Å². The smallest absolute Gasteiger partial charge is 0.233 e. The Morgan fingerprint density at radius 2 is 1.68 bits per heavy atom. The molecule has 2 aromatic rings. The Bertz CT molecular complexity index is 827. The molecule has 0 fully saturated rings. The fraction of sp³-hybridized carbons (Fsp3) is 0.167. The Labute approximate surface area is 145 Å². The number of nitrogens with one attached hydrogen (secondary N) is 2. The highest BCUT2D eigenvalue weighted by Gasteiger charge is 2.13. The van der Waals surface area contributed by atoms with Crippen molar-refractivity contribution in [2.45, 2.75) is 6.42 Å². The first-order valence-electron chi connectivity index (χ1n) is 7.38. The molecule has 2 rings (SSSR count). The van der Waals surface area contributed by atoms with E-state index in [4.69, 9.17) is 14.7 Å². The number of amides is 2. The molecule has 7 heteroatoms. The van der Waals surface area contributed by atoms with E-state index in [1.54, 1.807) is 42.5 Å². The Hall–Kier alpha value is -3.53. The second-order valence-electron chi connectivity index (χ2n) is 5.00. The summed E-state index contributed by atoms with van der Waals surface area (Å²) in [5, 5.41) is 14.2. The summed E-state index contributed by atoms with van der Waals surface area (Å²) >= 11 is 0. The highest BCUT2D eigenvalue weighted by atomic mass is 16.5. The third-order valence-electron chi connectivity index (χ3n) is 3.31. The van der Waals surface area contributed by atoms with Crippen molar-refractivity contribution in [2.24, 2.45) is 0 Å². The number of rotatable bonds is 6. The highest BCUT2D eigenvalue weighted by molar-refractivity contribution is 6.08. The van der Waals surface area contributed by atoms with Gasteiger partial charge < -0.3 is 20.1 Å². The van der Waals surface area contributed by atoms with Gasteiger partial charge in [-0.25, -0.2) is 0 Å². The van der Waals surface area contributed by atoms with Crippen molar-refractivity contribution in [1.29, 1.82) is 5.26 Å². The minimum atomic E-state index is -0.513. The standard InChI is InChI=1S/C18H17N3O4/c1-24-15-8-7-13(9-16(15)25-2)20-17(22)10-18(23)21-14-6-4-3-5-12(14)11-19/h3-9H,10H2,1-2H3,(H,20,22)(H,21,23). The van der Waals surface area contributed by atoms with Crippen LogP contribution in [-0.2, 0) is 9.59 Å². The number of carbonyl (C=O) groups is 2. The number of para-hydroxylation sites is 1. The van der Waals surface area contributed by atoms with Crippen LogP contribution in [0.25, 0.3) is 0 Å². The summed E-state index contributed by atoms with van der Waals surface area (Å²) in [5.41, 5.74) is 1.18. The lowest BCUT2D eigenvalue weighted by atomic mass is 10.2. The van der Waals surface area contributed by atoms with E-state index < -0.39 is 11.8 Å². The van der Waals surface area contributed by atoms with Crippen molar-refractivity contribution in [3.63, 3.8) is 0 Å². The van der Waals surface area contributed by atoms with Gasteiger partial charge in [-0.2, -0.15) is 5.26 Å². The van der Waals surface area contributed by atoms with Crippen molar-refractivity contribution in [1.82, 2.24) is 0 Å². The second-order valence-corrected chi connectivity index (χ2v) is 5.00. The number of benzene rings is 2. The number of ether oxygens (including phenoxy) is 2. The molecule has 128 valence electrons. The molecule has 0 saturated heterocycles. The van der Waals surface area contributed by atoms with Crippen LogP contribution in [0.3, 0.4) is 0 Å². The average molecular weight is 339 g/mol. The van der Waals surface area contributed by atoms with E-state index in [1.807, 2.05) is 6.07 Å². The first-order valence-corrected chi connectivity index (χ1v) is 7.38. The van der Waals surface area contributed by atoms with Crippen LogP contribution in [0.2, 0.25) is 0 Å². The summed E-state index contributed by atoms with van der Waals surface area (Å²) in [6.07, 6.45) is -0.381. The van der Waals surface area contributed by atoms with Gasteiger partial charge in [0.05, 0.1) is 25.5 Å². The van der Waals surface area contributed by atoms with Crippen LogP contribution < -0.4 is 20.1 Å². The largest absolute Gasteiger partial charge is 0.493 e. The van der Waals surface area contributed by atoms with Crippen LogP contribution in [0.4, 0.5) is 11.4 Å². The lowest BCUT2D eigenvalue weighted by Gasteiger charge is -2.11. The van der Waals surface area contributed by atoms with Gasteiger partial charge >= 0.3 is 0 Å². The Morgan fingerprint density at radius 3 is 2.36 bits per heavy atom. The van der Waals surface area contributed by atoms with E-state index in [1.165, 1.54) is 14.2 Å². The topological polar surface area (TPSA) is 100 Å². The van der Waals surface area contributed by atoms with Gasteiger partial charge in [-0.05, 0) is 24.3 Å². The van der Waals surface area contributed by atoms with Crippen LogP contribution >= 0.6 is 0 Å². The SMILES string of the molecule is COc1ccc(NC(=O)CC(=O)Nc2ccccc2C#N)cc1OC. The summed E-state index contributed by atoms with van der Waals surface area (Å²) in [7, 11) is 3.00. The first-order chi connectivity index (χ1) is 12.1. The number of nitriles is 1. The molecule has 7 nitrogen and oxygen atoms in total. The molecule has 0 spiro atoms. The van der Waals surface area contributed by atoms with Crippen molar-refractivity contribution >= 4 is 23.2 Å². The minimum absolute atomic E-state index is 0.330. The molecule has 2 aromatic carbocycles. The second kappa shape index (κ2) is 8.36. The Kier molecular flexibility index (Phi) is 5.96. The maximum atomic E-state index is 12.0. The van der Waals surface area contributed by atoms with E-state index in [0.29, 0.717) is 28.4 Å². The molecule has 0 atom stereocenters. The molecule has 0 aromatic heterocycles. The van der Waals surface area contributed by atoms with Crippen LogP contribution in [0.1, 0.15) is 12.0 Å². The summed E-state index contributed by atoms with van der Waals surface area (Å²) < 4.78 is 10.3. The van der Waals surface area contributed by atoms with Gasteiger partial charge in [0.2, 0.25) is 11.8 Å². The van der Waals surface area contributed by atoms with Crippen molar-refractivity contribution in [3.05, 3.63) is 48.0 Å². The zero-order chi connectivity index (χ0) is 18.2. The third-order valence-corrected chi connectivity index (χ3v) is 3.31. The summed E-state index contributed by atoms with van der Waals surface area (Å²) in [5.74, 6) is -0.00103. The van der Waals surface area contributed by atoms with Crippen molar-refractivity contribution in [3.8, 4) is 17.6 Å². The number of nitrogens with zero attached hydrogens (tertiary/aromatic N) is 1. The van der Waals surface area contributed by atoms with E-state index in [2.05, 4.69) is 10.6 Å². The van der Waals surface area contributed by atoms with Crippen molar-refractivity contribution in [2.75, 3.05) is 24.9 Å². The zero-order valence-electron chi connectivity index (χ0n) is 13.8. The summed E-state index contributed by atoms with van der Waals surface area (Å²) in [6.45, 7) is 0. The maximum absolute atomic E-state index is 12.0. The molecule has 2 N–H and O–H groups in total. The minimum Gasteiger partial charge on any atom is -0.493 e. The number of methoxy groups -OCH3 is 2. The average Bonchev–Trinajstić information content (AvgIpc) is 2.61. The third kappa shape index (κ3) is 4.72. The predicted octanol–water partition coefficient (Wildman–Crippen LogP) is 2.54. The highest BCUT2D eigenvalue weighted by Crippen LogP contribution is 2.29. The van der Waals surface area contributed by atoms with Crippen LogP contribution in [-0.4, -0.2) is 26.0 Å². The molecule has 0 aliphatic carbocycles. The number of hydrogen-bond acceptors (Lipinski definition) is 5. The van der Waals surface area contributed by atoms with E-state index in [9.17, 15) is 9.59 Å². The molecule has 0 aliphatic rings. The van der Waals surface area contributed by atoms with Gasteiger partial charge in [-0.15, -0.1) is 0 Å². The van der Waals surface area contributed by atoms with E-state index in [0.717, 1.165) is 0 Å². The Balaban J connectivity index is 1.98. The lowest BCUT2D eigenvalue weighted by Crippen LogP contribution is -2.21. The van der Waals surface area contributed by atoms with Gasteiger partial charge in [0.1, 0.15) is 12.5 Å². The number of carbonyl (C=O) groups excluding carboxylic acids is 2. The fourth-order valence-electron chi connectivity index (χ4n) is 2.15. The van der Waals surface area contributed by atoms with Crippen LogP contribution in [0, 0.1) is 11.3 Å². The summed E-state index contributed by atoms with van der Waals surface area (Å²) in [6, 6.07) is 13.4. The van der Waals surface area contributed by atoms with Gasteiger partial charge in [-0.3, -0.25) is 9.59 Å². The van der Waals surface area contributed by atoms with Gasteiger partial charge in [0.25, 0.3) is 0 Å². The molecule has 0 unspecified atom stereocenters. The molecule has 0 saturated carbocycles. The van der Waals surface area contributed by atoms with Gasteiger partial charge in [0.15, 0.2) is 11.5 Å². The molecule has 0 heterocycles. The lowest BCUT2D eigenvalue weighted by molar-refractivity contribution is -0.123. The molecular weight excluding hydrogens is 322 g/mol. The van der Waals surface area contributed by atoms with Gasteiger partial charge in [-0.1, -0.05) is 12.1 Å². The summed E-state index contributed by atoms with van der Waals surface area (Å²) in [4.78, 5) is 24.0. The maximum Gasteiger partial charge on any atom is 0.233 e. The Morgan fingerprint density at radius 1 is 1.00 bits per heavy atom. The molecule has 0 radical (unpaired) electrons. The van der Waals surface area contributed by atoms with E-state index >= 15 is 0 Å². The first kappa shape index (κ1) is 17.8.